The van der Waals surface area contributed by atoms with Gasteiger partial charge in [0.25, 0.3) is 0 Å². The molecule has 0 aliphatic carbocycles. The molecule has 0 fully saturated rings. The zero-order valence-corrected chi connectivity index (χ0v) is 16.1. The fraction of sp³-hybridized carbons (Fsp3) is 0.286. The van der Waals surface area contributed by atoms with Crippen molar-refractivity contribution in [2.45, 2.75) is 26.3 Å². The summed E-state index contributed by atoms with van der Waals surface area (Å²) < 4.78 is 5.17. The lowest BCUT2D eigenvalue weighted by molar-refractivity contribution is -0.126. The maximum Gasteiger partial charge on any atom is 0.247 e. The van der Waals surface area contributed by atoms with E-state index in [0.29, 0.717) is 22.8 Å². The molecule has 3 rings (SSSR count). The van der Waals surface area contributed by atoms with Gasteiger partial charge in [-0.1, -0.05) is 12.1 Å². The van der Waals surface area contributed by atoms with Gasteiger partial charge in [0.2, 0.25) is 17.7 Å². The summed E-state index contributed by atoms with van der Waals surface area (Å²) in [6, 6.07) is 14.0. The number of ether oxygens (including phenoxy) is 1. The Balaban J connectivity index is 1.90. The van der Waals surface area contributed by atoms with Crippen LogP contribution in [0.1, 0.15) is 20.3 Å². The summed E-state index contributed by atoms with van der Waals surface area (Å²) in [4.78, 5) is 40.7. The Hall–Kier alpha value is -3.35. The number of fused-ring (bicyclic) bond motifs is 1. The largest absolute Gasteiger partial charge is 0.497 e. The Morgan fingerprint density at radius 1 is 1.14 bits per heavy atom. The summed E-state index contributed by atoms with van der Waals surface area (Å²) in [5, 5.41) is 2.71. The van der Waals surface area contributed by atoms with E-state index in [-0.39, 0.29) is 30.8 Å². The van der Waals surface area contributed by atoms with Crippen molar-refractivity contribution in [1.82, 2.24) is 0 Å². The van der Waals surface area contributed by atoms with Crippen LogP contribution in [0.2, 0.25) is 0 Å². The molecule has 7 nitrogen and oxygen atoms in total. The number of para-hydroxylation sites is 2. The van der Waals surface area contributed by atoms with Crippen molar-refractivity contribution in [3.8, 4) is 5.75 Å². The van der Waals surface area contributed by atoms with Gasteiger partial charge in [0, 0.05) is 11.7 Å². The number of methoxy groups -OCH3 is 1. The Bertz CT molecular complexity index is 893. The Kier molecular flexibility index (Phi) is 5.63. The Morgan fingerprint density at radius 3 is 2.46 bits per heavy atom. The first kappa shape index (κ1) is 19.4. The van der Waals surface area contributed by atoms with Gasteiger partial charge in [0.15, 0.2) is 0 Å². The lowest BCUT2D eigenvalue weighted by atomic mass is 10.2. The van der Waals surface area contributed by atoms with Crippen molar-refractivity contribution in [3.05, 3.63) is 48.5 Å². The molecular formula is C21H23N3O4. The highest BCUT2D eigenvalue weighted by atomic mass is 16.5. The van der Waals surface area contributed by atoms with E-state index in [0.717, 1.165) is 0 Å². The highest BCUT2D eigenvalue weighted by Gasteiger charge is 2.30. The fourth-order valence-electron chi connectivity index (χ4n) is 3.23. The van der Waals surface area contributed by atoms with Crippen molar-refractivity contribution in [2.75, 3.05) is 28.8 Å². The molecule has 1 heterocycles. The number of anilines is 3. The highest BCUT2D eigenvalue weighted by Crippen LogP contribution is 2.29. The number of nitrogens with zero attached hydrogens (tertiary/aromatic N) is 2. The monoisotopic (exact) mass is 381 g/mol. The molecule has 0 saturated carbocycles. The summed E-state index contributed by atoms with van der Waals surface area (Å²) in [7, 11) is 1.58. The summed E-state index contributed by atoms with van der Waals surface area (Å²) in [5.74, 6) is -0.337. The van der Waals surface area contributed by atoms with Gasteiger partial charge in [-0.05, 0) is 50.2 Å². The first-order valence-electron chi connectivity index (χ1n) is 9.06. The number of rotatable bonds is 5. The van der Waals surface area contributed by atoms with Gasteiger partial charge in [0.05, 0.1) is 18.5 Å². The second-order valence-corrected chi connectivity index (χ2v) is 6.78. The van der Waals surface area contributed by atoms with Gasteiger partial charge in [-0.25, -0.2) is 0 Å². The maximum absolute atomic E-state index is 13.2. The zero-order chi connectivity index (χ0) is 20.3. The molecule has 0 spiro atoms. The second kappa shape index (κ2) is 8.12. The van der Waals surface area contributed by atoms with E-state index in [1.807, 2.05) is 13.8 Å². The molecule has 0 unspecified atom stereocenters. The van der Waals surface area contributed by atoms with Crippen LogP contribution >= 0.6 is 0 Å². The summed E-state index contributed by atoms with van der Waals surface area (Å²) >= 11 is 0. The van der Waals surface area contributed by atoms with Crippen LogP contribution in [0.25, 0.3) is 0 Å². The summed E-state index contributed by atoms with van der Waals surface area (Å²) in [6.45, 7) is 3.66. The van der Waals surface area contributed by atoms with Crippen molar-refractivity contribution in [1.29, 1.82) is 0 Å². The van der Waals surface area contributed by atoms with Crippen LogP contribution in [-0.4, -0.2) is 37.4 Å². The molecule has 0 atom stereocenters. The minimum atomic E-state index is -0.408. The molecule has 146 valence electrons. The van der Waals surface area contributed by atoms with E-state index in [1.165, 1.54) is 4.90 Å². The molecule has 1 aliphatic heterocycles. The average molecular weight is 381 g/mol. The van der Waals surface area contributed by atoms with Gasteiger partial charge >= 0.3 is 0 Å². The second-order valence-electron chi connectivity index (χ2n) is 6.78. The molecule has 2 aromatic carbocycles. The molecule has 28 heavy (non-hydrogen) atoms. The third-order valence-electron chi connectivity index (χ3n) is 4.51. The lowest BCUT2D eigenvalue weighted by Crippen LogP contribution is -2.46. The molecule has 7 heteroatoms. The topological polar surface area (TPSA) is 79.0 Å². The number of hydrogen-bond donors (Lipinski definition) is 1. The van der Waals surface area contributed by atoms with E-state index in [9.17, 15) is 14.4 Å². The van der Waals surface area contributed by atoms with Crippen LogP contribution in [0.15, 0.2) is 48.5 Å². The van der Waals surface area contributed by atoms with Crippen molar-refractivity contribution >= 4 is 34.8 Å². The van der Waals surface area contributed by atoms with Gasteiger partial charge < -0.3 is 19.9 Å². The molecule has 0 aromatic heterocycles. The summed E-state index contributed by atoms with van der Waals surface area (Å²) in [6.07, 6.45) is -0.299. The van der Waals surface area contributed by atoms with E-state index in [2.05, 4.69) is 5.32 Å². The third kappa shape index (κ3) is 3.98. The normalized spacial score (nSPS) is 13.6. The van der Waals surface area contributed by atoms with Crippen LogP contribution in [0.3, 0.4) is 0 Å². The fourth-order valence-corrected chi connectivity index (χ4v) is 3.23. The number of carbonyl (C=O) groups is 3. The molecule has 0 bridgehead atoms. The van der Waals surface area contributed by atoms with Gasteiger partial charge in [0.1, 0.15) is 18.7 Å². The molecule has 0 saturated heterocycles. The average Bonchev–Trinajstić information content (AvgIpc) is 2.78. The molecule has 0 radical (unpaired) electrons. The number of carbonyl (C=O) groups excluding carboxylic acids is 3. The van der Waals surface area contributed by atoms with E-state index in [1.54, 1.807) is 60.5 Å². The molecule has 1 aliphatic rings. The lowest BCUT2D eigenvalue weighted by Gasteiger charge is -2.30. The third-order valence-corrected chi connectivity index (χ3v) is 4.51. The Labute approximate surface area is 163 Å². The number of benzene rings is 2. The van der Waals surface area contributed by atoms with Crippen molar-refractivity contribution < 1.29 is 19.1 Å². The molecular weight excluding hydrogens is 358 g/mol. The first-order chi connectivity index (χ1) is 13.4. The first-order valence-corrected chi connectivity index (χ1v) is 9.06. The minimum absolute atomic E-state index is 0.113. The molecule has 3 amide bonds. The van der Waals surface area contributed by atoms with Crippen LogP contribution in [0.4, 0.5) is 17.1 Å². The van der Waals surface area contributed by atoms with E-state index in [4.69, 9.17) is 4.74 Å². The number of amides is 3. The van der Waals surface area contributed by atoms with E-state index >= 15 is 0 Å². The highest BCUT2D eigenvalue weighted by molar-refractivity contribution is 6.16. The number of nitrogens with one attached hydrogen (secondary N) is 1. The van der Waals surface area contributed by atoms with Crippen LogP contribution in [0, 0.1) is 0 Å². The Morgan fingerprint density at radius 2 is 1.82 bits per heavy atom. The van der Waals surface area contributed by atoms with Crippen molar-refractivity contribution in [3.63, 3.8) is 0 Å². The molecule has 1 N–H and O–H groups in total. The zero-order valence-electron chi connectivity index (χ0n) is 16.1. The standard InChI is InChI=1S/C21H23N3O4/c1-14(2)24(15-8-10-16(28-3)11-9-15)21(27)13-23-18-7-5-4-6-17(18)22-19(25)12-20(23)26/h4-11,14H,12-13H2,1-3H3,(H,22,25). The predicted molar refractivity (Wildman–Crippen MR) is 108 cm³/mol. The van der Waals surface area contributed by atoms with Crippen LogP contribution in [0.5, 0.6) is 5.75 Å². The van der Waals surface area contributed by atoms with Crippen molar-refractivity contribution in [2.24, 2.45) is 0 Å². The summed E-state index contributed by atoms with van der Waals surface area (Å²) in [5.41, 5.74) is 1.75. The van der Waals surface area contributed by atoms with Gasteiger partial charge in [-0.15, -0.1) is 0 Å². The van der Waals surface area contributed by atoms with E-state index < -0.39 is 5.91 Å². The smallest absolute Gasteiger partial charge is 0.247 e. The van der Waals surface area contributed by atoms with Crippen LogP contribution in [-0.2, 0) is 14.4 Å². The van der Waals surface area contributed by atoms with Crippen LogP contribution < -0.4 is 19.9 Å². The maximum atomic E-state index is 13.2. The quantitative estimate of drug-likeness (QED) is 0.808. The molecule has 2 aromatic rings. The van der Waals surface area contributed by atoms with Gasteiger partial charge in [-0.2, -0.15) is 0 Å². The SMILES string of the molecule is COc1ccc(N(C(=O)CN2C(=O)CC(=O)Nc3ccccc32)C(C)C)cc1. The number of hydrogen-bond acceptors (Lipinski definition) is 4. The predicted octanol–water partition coefficient (Wildman–Crippen LogP) is 2.81. The van der Waals surface area contributed by atoms with Gasteiger partial charge in [-0.3, -0.25) is 14.4 Å². The minimum Gasteiger partial charge on any atom is -0.497 e.